The van der Waals surface area contributed by atoms with E-state index < -0.39 is 12.3 Å². The van der Waals surface area contributed by atoms with Crippen molar-refractivity contribution in [2.24, 2.45) is 10.7 Å². The summed E-state index contributed by atoms with van der Waals surface area (Å²) in [7, 11) is 3.04. The van der Waals surface area contributed by atoms with Gasteiger partial charge in [0.1, 0.15) is 5.84 Å². The van der Waals surface area contributed by atoms with Crippen molar-refractivity contribution in [1.29, 1.82) is 0 Å². The first kappa shape index (κ1) is 13.5. The maximum Gasteiger partial charge on any atom is 0.346 e. The zero-order valence-electron chi connectivity index (χ0n) is 10.2. The molecule has 0 saturated carbocycles. The summed E-state index contributed by atoms with van der Waals surface area (Å²) in [5, 5.41) is 0. The molecule has 0 bridgehead atoms. The molecule has 1 aliphatic heterocycles. The fraction of sp³-hybridized carbons (Fsp3) is 0.636. The van der Waals surface area contributed by atoms with E-state index >= 15 is 0 Å². The fourth-order valence-corrected chi connectivity index (χ4v) is 1.74. The third-order valence-corrected chi connectivity index (χ3v) is 2.72. The Balaban J connectivity index is 2.83. The molecule has 6 heteroatoms. The van der Waals surface area contributed by atoms with Gasteiger partial charge in [0.2, 0.25) is 0 Å². The third kappa shape index (κ3) is 2.75. The highest BCUT2D eigenvalue weighted by molar-refractivity contribution is 6.03. The normalized spacial score (nSPS) is 21.6. The molecule has 2 unspecified atom stereocenters. The number of amides is 2. The molecule has 1 heterocycles. The van der Waals surface area contributed by atoms with Crippen LogP contribution in [0, 0.1) is 12.3 Å². The second kappa shape index (κ2) is 5.66. The van der Waals surface area contributed by atoms with Crippen molar-refractivity contribution < 1.29 is 14.3 Å². The number of urea groups is 1. The summed E-state index contributed by atoms with van der Waals surface area (Å²) in [6.07, 6.45) is 5.27. The number of terminal acetylenes is 1. The zero-order chi connectivity index (χ0) is 13.0. The first-order chi connectivity index (χ1) is 8.04. The van der Waals surface area contributed by atoms with E-state index in [1.165, 1.54) is 19.1 Å². The van der Waals surface area contributed by atoms with E-state index in [1.54, 1.807) is 6.92 Å². The van der Waals surface area contributed by atoms with Crippen LogP contribution in [0.1, 0.15) is 13.3 Å². The summed E-state index contributed by atoms with van der Waals surface area (Å²) in [6, 6.07) is -1.16. The number of nitrogens with two attached hydrogens (primary N) is 1. The van der Waals surface area contributed by atoms with Gasteiger partial charge in [0.05, 0.1) is 12.1 Å². The number of nitrogens with zero attached hydrogens (tertiary/aromatic N) is 2. The molecule has 1 rings (SSSR count). The van der Waals surface area contributed by atoms with Crippen LogP contribution in [0.5, 0.6) is 0 Å². The molecule has 0 aromatic heterocycles. The van der Waals surface area contributed by atoms with Crippen LogP contribution in [0.2, 0.25) is 0 Å². The van der Waals surface area contributed by atoms with Crippen molar-refractivity contribution in [1.82, 2.24) is 4.90 Å². The molecule has 0 spiro atoms. The number of amidine groups is 1. The van der Waals surface area contributed by atoms with Crippen LogP contribution >= 0.6 is 0 Å². The summed E-state index contributed by atoms with van der Waals surface area (Å²) in [6.45, 7) is 1.74. The molecule has 1 aliphatic rings. The Bertz CT molecular complexity index is 357. The van der Waals surface area contributed by atoms with Gasteiger partial charge in [-0.1, -0.05) is 5.92 Å². The Morgan fingerprint density at radius 2 is 2.18 bits per heavy atom. The maximum atomic E-state index is 11.6. The Hall–Kier alpha value is -1.58. The maximum absolute atomic E-state index is 11.6. The van der Waals surface area contributed by atoms with Crippen molar-refractivity contribution in [3.05, 3.63) is 0 Å². The van der Waals surface area contributed by atoms with Gasteiger partial charge in [-0.25, -0.2) is 4.79 Å². The van der Waals surface area contributed by atoms with E-state index in [4.69, 9.17) is 21.6 Å². The lowest BCUT2D eigenvalue weighted by atomic mass is 10.1. The second-order valence-corrected chi connectivity index (χ2v) is 3.72. The molecule has 2 N–H and O–H groups in total. The van der Waals surface area contributed by atoms with Gasteiger partial charge < -0.3 is 15.2 Å². The molecule has 0 radical (unpaired) electrons. The predicted octanol–water partition coefficient (Wildman–Crippen LogP) is 0.179. The molecular formula is C11H17N3O3. The van der Waals surface area contributed by atoms with Gasteiger partial charge >= 0.3 is 6.03 Å². The van der Waals surface area contributed by atoms with Crippen molar-refractivity contribution in [3.8, 4) is 12.3 Å². The summed E-state index contributed by atoms with van der Waals surface area (Å²) in [5.41, 5.74) is 5.72. The average molecular weight is 239 g/mol. The van der Waals surface area contributed by atoms with Crippen molar-refractivity contribution >= 4 is 11.9 Å². The first-order valence-corrected chi connectivity index (χ1v) is 5.23. The summed E-state index contributed by atoms with van der Waals surface area (Å²) in [5.74, 6) is 2.74. The third-order valence-electron chi connectivity index (χ3n) is 2.72. The number of ether oxygens (including phenoxy) is 2. The molecule has 0 aromatic carbocycles. The van der Waals surface area contributed by atoms with Gasteiger partial charge in [0.15, 0.2) is 6.29 Å². The van der Waals surface area contributed by atoms with E-state index in [0.29, 0.717) is 6.42 Å². The molecule has 0 fully saturated rings. The minimum atomic E-state index is -0.452. The number of carbonyl (C=O) groups is 1. The van der Waals surface area contributed by atoms with E-state index in [1.807, 2.05) is 0 Å². The second-order valence-electron chi connectivity index (χ2n) is 3.72. The highest BCUT2D eigenvalue weighted by Gasteiger charge is 2.37. The molecule has 2 atom stereocenters. The van der Waals surface area contributed by atoms with Crippen molar-refractivity contribution in [2.75, 3.05) is 14.2 Å². The zero-order valence-corrected chi connectivity index (χ0v) is 10.2. The van der Waals surface area contributed by atoms with Crippen LogP contribution in [0.3, 0.4) is 0 Å². The van der Waals surface area contributed by atoms with Crippen molar-refractivity contribution in [3.63, 3.8) is 0 Å². The molecule has 94 valence electrons. The van der Waals surface area contributed by atoms with E-state index in [0.717, 1.165) is 0 Å². The number of aliphatic imine (C=N–C) groups is 1. The van der Waals surface area contributed by atoms with Crippen molar-refractivity contribution in [2.45, 2.75) is 31.7 Å². The number of hydrogen-bond acceptors (Lipinski definition) is 4. The van der Waals surface area contributed by atoms with Crippen LogP contribution < -0.4 is 5.73 Å². The molecule has 0 saturated heterocycles. The minimum Gasteiger partial charge on any atom is -0.385 e. The molecule has 0 aromatic rings. The lowest BCUT2D eigenvalue weighted by molar-refractivity contribution is -0.111. The molecule has 2 amide bonds. The Labute approximate surface area is 101 Å². The van der Waals surface area contributed by atoms with Crippen LogP contribution in [0.15, 0.2) is 4.99 Å². The SMILES string of the molecule is C#CC(C)N1C(=O)N=C(N)C1CC(OC)OC. The highest BCUT2D eigenvalue weighted by Crippen LogP contribution is 2.20. The standard InChI is InChI=1S/C11H17N3O3/c1-5-7(2)14-8(6-9(16-3)17-4)10(12)13-11(14)15/h1,7-9H,6H2,2-4H3,(H2,12,13,15). The molecule has 0 aliphatic carbocycles. The topological polar surface area (TPSA) is 77.2 Å². The quantitative estimate of drug-likeness (QED) is 0.548. The summed E-state index contributed by atoms with van der Waals surface area (Å²) >= 11 is 0. The summed E-state index contributed by atoms with van der Waals surface area (Å²) in [4.78, 5) is 16.8. The molecule has 6 nitrogen and oxygen atoms in total. The number of carbonyl (C=O) groups excluding carboxylic acids is 1. The van der Waals surface area contributed by atoms with Crippen LogP contribution in [-0.4, -0.2) is 49.4 Å². The van der Waals surface area contributed by atoms with Gasteiger partial charge in [-0.15, -0.1) is 6.42 Å². The van der Waals surface area contributed by atoms with Crippen LogP contribution in [-0.2, 0) is 9.47 Å². The predicted molar refractivity (Wildman–Crippen MR) is 63.4 cm³/mol. The van der Waals surface area contributed by atoms with Crippen LogP contribution in [0.4, 0.5) is 4.79 Å². The van der Waals surface area contributed by atoms with Gasteiger partial charge in [0, 0.05) is 20.6 Å². The first-order valence-electron chi connectivity index (χ1n) is 5.23. The molecular weight excluding hydrogens is 222 g/mol. The highest BCUT2D eigenvalue weighted by atomic mass is 16.7. The van der Waals surface area contributed by atoms with E-state index in [-0.39, 0.29) is 17.9 Å². The largest absolute Gasteiger partial charge is 0.385 e. The van der Waals surface area contributed by atoms with Gasteiger partial charge in [-0.2, -0.15) is 4.99 Å². The van der Waals surface area contributed by atoms with E-state index in [2.05, 4.69) is 10.9 Å². The minimum absolute atomic E-state index is 0.246. The number of methoxy groups -OCH3 is 2. The van der Waals surface area contributed by atoms with E-state index in [9.17, 15) is 4.79 Å². The lowest BCUT2D eigenvalue weighted by Gasteiger charge is -2.29. The Morgan fingerprint density at radius 3 is 2.65 bits per heavy atom. The average Bonchev–Trinajstić information content (AvgIpc) is 2.59. The molecule has 17 heavy (non-hydrogen) atoms. The van der Waals surface area contributed by atoms with Crippen LogP contribution in [0.25, 0.3) is 0 Å². The Kier molecular flexibility index (Phi) is 4.49. The lowest BCUT2D eigenvalue weighted by Crippen LogP contribution is -2.47. The fourth-order valence-electron chi connectivity index (χ4n) is 1.74. The number of hydrogen-bond donors (Lipinski definition) is 1. The summed E-state index contributed by atoms with van der Waals surface area (Å²) < 4.78 is 10.2. The number of rotatable bonds is 5. The Morgan fingerprint density at radius 1 is 1.59 bits per heavy atom. The van der Waals surface area contributed by atoms with Gasteiger partial charge in [-0.05, 0) is 6.92 Å². The monoisotopic (exact) mass is 239 g/mol. The van der Waals surface area contributed by atoms with Gasteiger partial charge in [0.25, 0.3) is 0 Å². The van der Waals surface area contributed by atoms with Gasteiger partial charge in [-0.3, -0.25) is 4.90 Å². The smallest absolute Gasteiger partial charge is 0.346 e.